The summed E-state index contributed by atoms with van der Waals surface area (Å²) in [7, 11) is 0. The van der Waals surface area contributed by atoms with Crippen LogP contribution in [0.4, 0.5) is 0 Å². The van der Waals surface area contributed by atoms with Crippen LogP contribution < -0.4 is 5.32 Å². The molecule has 2 atom stereocenters. The predicted octanol–water partition coefficient (Wildman–Crippen LogP) is 3.39. The SMILES string of the molecule is CC1CC(c2ncc3[nH]cc(Cc4ccccc4)c3n2)CC(C)N1.Cl.O. The van der Waals surface area contributed by atoms with Crippen LogP contribution in [0.5, 0.6) is 0 Å². The minimum Gasteiger partial charge on any atom is -0.412 e. The fourth-order valence-corrected chi connectivity index (χ4v) is 3.91. The maximum absolute atomic E-state index is 4.95. The number of nitrogens with one attached hydrogen (secondary N) is 2. The summed E-state index contributed by atoms with van der Waals surface area (Å²) < 4.78 is 0. The molecular weight excluding hydrogens is 348 g/mol. The minimum atomic E-state index is 0. The van der Waals surface area contributed by atoms with Crippen molar-refractivity contribution in [1.82, 2.24) is 20.3 Å². The molecular formula is C20H27ClN4O. The molecule has 4 N–H and O–H groups in total. The lowest BCUT2D eigenvalue weighted by atomic mass is 9.88. The topological polar surface area (TPSA) is 85.1 Å². The maximum atomic E-state index is 4.95. The van der Waals surface area contributed by atoms with Gasteiger partial charge in [0.1, 0.15) is 5.82 Å². The summed E-state index contributed by atoms with van der Waals surface area (Å²) in [5, 5.41) is 3.59. The zero-order valence-corrected chi connectivity index (χ0v) is 16.0. The number of aromatic nitrogens is 3. The van der Waals surface area contributed by atoms with Crippen molar-refractivity contribution >= 4 is 23.4 Å². The first-order valence-electron chi connectivity index (χ1n) is 8.82. The number of halogens is 1. The highest BCUT2D eigenvalue weighted by molar-refractivity contribution is 5.85. The molecule has 0 amide bonds. The summed E-state index contributed by atoms with van der Waals surface area (Å²) in [5.74, 6) is 1.44. The van der Waals surface area contributed by atoms with Crippen LogP contribution >= 0.6 is 12.4 Å². The van der Waals surface area contributed by atoms with Crippen LogP contribution in [0.15, 0.2) is 42.7 Å². The van der Waals surface area contributed by atoms with Gasteiger partial charge in [-0.1, -0.05) is 30.3 Å². The molecule has 3 heterocycles. The molecule has 1 aliphatic rings. The Morgan fingerprint density at radius 3 is 2.46 bits per heavy atom. The Labute approximate surface area is 160 Å². The first-order chi connectivity index (χ1) is 11.7. The number of aromatic amines is 1. The van der Waals surface area contributed by atoms with E-state index >= 15 is 0 Å². The van der Waals surface area contributed by atoms with Crippen LogP contribution in [0.1, 0.15) is 49.6 Å². The smallest absolute Gasteiger partial charge is 0.132 e. The highest BCUT2D eigenvalue weighted by Crippen LogP contribution is 2.29. The Morgan fingerprint density at radius 2 is 1.77 bits per heavy atom. The largest absolute Gasteiger partial charge is 0.412 e. The lowest BCUT2D eigenvalue weighted by Gasteiger charge is -2.32. The van der Waals surface area contributed by atoms with Crippen molar-refractivity contribution < 1.29 is 5.48 Å². The molecule has 0 bridgehead atoms. The molecule has 0 spiro atoms. The number of nitrogens with zero attached hydrogens (tertiary/aromatic N) is 2. The van der Waals surface area contributed by atoms with Gasteiger partial charge in [-0.25, -0.2) is 9.97 Å². The molecule has 0 radical (unpaired) electrons. The quantitative estimate of drug-likeness (QED) is 0.736. The van der Waals surface area contributed by atoms with Crippen molar-refractivity contribution in [2.75, 3.05) is 0 Å². The third kappa shape index (κ3) is 4.23. The zero-order chi connectivity index (χ0) is 16.5. The Kier molecular flexibility index (Phi) is 6.75. The average Bonchev–Trinajstić information content (AvgIpc) is 2.97. The number of hydrogen-bond donors (Lipinski definition) is 2. The molecule has 5 nitrogen and oxygen atoms in total. The molecule has 1 aliphatic heterocycles. The van der Waals surface area contributed by atoms with E-state index in [9.17, 15) is 0 Å². The molecule has 1 fully saturated rings. The first kappa shape index (κ1) is 20.4. The van der Waals surface area contributed by atoms with Gasteiger partial charge >= 0.3 is 0 Å². The van der Waals surface area contributed by atoms with Crippen molar-refractivity contribution in [1.29, 1.82) is 0 Å². The van der Waals surface area contributed by atoms with Gasteiger partial charge in [0, 0.05) is 36.2 Å². The second-order valence-electron chi connectivity index (χ2n) is 7.10. The lowest BCUT2D eigenvalue weighted by Crippen LogP contribution is -2.41. The van der Waals surface area contributed by atoms with E-state index in [0.29, 0.717) is 18.0 Å². The second kappa shape index (κ2) is 8.62. The molecule has 140 valence electrons. The van der Waals surface area contributed by atoms with E-state index in [0.717, 1.165) is 36.1 Å². The summed E-state index contributed by atoms with van der Waals surface area (Å²) >= 11 is 0. The van der Waals surface area contributed by atoms with Crippen molar-refractivity contribution in [2.45, 2.75) is 51.1 Å². The van der Waals surface area contributed by atoms with E-state index in [-0.39, 0.29) is 17.9 Å². The van der Waals surface area contributed by atoms with Crippen LogP contribution in [0.25, 0.3) is 11.0 Å². The Hall–Kier alpha value is -1.95. The number of fused-ring (bicyclic) bond motifs is 1. The summed E-state index contributed by atoms with van der Waals surface area (Å²) in [6.45, 7) is 4.50. The van der Waals surface area contributed by atoms with E-state index in [1.165, 1.54) is 11.1 Å². The predicted molar refractivity (Wildman–Crippen MR) is 108 cm³/mol. The molecule has 0 aliphatic carbocycles. The van der Waals surface area contributed by atoms with Gasteiger partial charge in [-0.2, -0.15) is 0 Å². The minimum absolute atomic E-state index is 0. The number of piperidine rings is 1. The average molecular weight is 375 g/mol. The summed E-state index contributed by atoms with van der Waals surface area (Å²) in [6.07, 6.45) is 7.13. The third-order valence-electron chi connectivity index (χ3n) is 4.96. The third-order valence-corrected chi connectivity index (χ3v) is 4.96. The van der Waals surface area contributed by atoms with Gasteiger partial charge in [-0.15, -0.1) is 12.4 Å². The fourth-order valence-electron chi connectivity index (χ4n) is 3.91. The summed E-state index contributed by atoms with van der Waals surface area (Å²) in [4.78, 5) is 12.9. The number of H-pyrrole nitrogens is 1. The molecule has 0 saturated carbocycles. The molecule has 1 aromatic carbocycles. The number of benzene rings is 1. The van der Waals surface area contributed by atoms with Gasteiger partial charge < -0.3 is 15.8 Å². The van der Waals surface area contributed by atoms with E-state index in [1.807, 2.05) is 6.20 Å². The Bertz CT molecular complexity index is 826. The number of rotatable bonds is 3. The van der Waals surface area contributed by atoms with Crippen LogP contribution in [0.2, 0.25) is 0 Å². The standard InChI is InChI=1S/C20H24N4.ClH.H2O/c1-13-8-16(9-14(2)23-13)20-22-12-18-19(24-20)17(11-21-18)10-15-6-4-3-5-7-15;;/h3-7,11-14,16,21,23H,8-10H2,1-2H3;1H;1H2. The van der Waals surface area contributed by atoms with Crippen LogP contribution in [-0.4, -0.2) is 32.5 Å². The van der Waals surface area contributed by atoms with Crippen molar-refractivity contribution in [2.24, 2.45) is 0 Å². The van der Waals surface area contributed by atoms with Gasteiger partial charge in [0.25, 0.3) is 0 Å². The van der Waals surface area contributed by atoms with Crippen LogP contribution in [0, 0.1) is 0 Å². The summed E-state index contributed by atoms with van der Waals surface area (Å²) in [6, 6.07) is 11.6. The van der Waals surface area contributed by atoms with Crippen LogP contribution in [-0.2, 0) is 6.42 Å². The van der Waals surface area contributed by atoms with Gasteiger partial charge in [-0.05, 0) is 32.3 Å². The Balaban J connectivity index is 0.00000121. The van der Waals surface area contributed by atoms with E-state index in [2.05, 4.69) is 65.7 Å². The van der Waals surface area contributed by atoms with Crippen molar-refractivity contribution in [3.8, 4) is 0 Å². The van der Waals surface area contributed by atoms with E-state index in [4.69, 9.17) is 4.98 Å². The van der Waals surface area contributed by atoms with Gasteiger partial charge in [-0.3, -0.25) is 0 Å². The molecule has 4 rings (SSSR count). The molecule has 1 saturated heterocycles. The Morgan fingerprint density at radius 1 is 1.08 bits per heavy atom. The van der Waals surface area contributed by atoms with Gasteiger partial charge in [0.05, 0.1) is 17.2 Å². The van der Waals surface area contributed by atoms with E-state index in [1.54, 1.807) is 0 Å². The first-order valence-corrected chi connectivity index (χ1v) is 8.82. The molecule has 2 aromatic heterocycles. The summed E-state index contributed by atoms with van der Waals surface area (Å²) in [5.41, 5.74) is 4.65. The molecule has 2 unspecified atom stereocenters. The molecule has 3 aromatic rings. The highest BCUT2D eigenvalue weighted by atomic mass is 35.5. The molecule has 26 heavy (non-hydrogen) atoms. The van der Waals surface area contributed by atoms with Gasteiger partial charge in [0.2, 0.25) is 0 Å². The monoisotopic (exact) mass is 374 g/mol. The van der Waals surface area contributed by atoms with Crippen molar-refractivity contribution in [3.05, 3.63) is 59.7 Å². The van der Waals surface area contributed by atoms with Crippen molar-refractivity contribution in [3.63, 3.8) is 0 Å². The maximum Gasteiger partial charge on any atom is 0.132 e. The normalized spacial score (nSPS) is 22.5. The fraction of sp³-hybridized carbons (Fsp3) is 0.400. The van der Waals surface area contributed by atoms with Crippen LogP contribution in [0.3, 0.4) is 0 Å². The van der Waals surface area contributed by atoms with E-state index < -0.39 is 0 Å². The van der Waals surface area contributed by atoms with Gasteiger partial charge in [0.15, 0.2) is 0 Å². The molecule has 6 heteroatoms. The second-order valence-corrected chi connectivity index (χ2v) is 7.10. The lowest BCUT2D eigenvalue weighted by molar-refractivity contribution is 0.310. The number of hydrogen-bond acceptors (Lipinski definition) is 3. The zero-order valence-electron chi connectivity index (χ0n) is 15.2. The highest BCUT2D eigenvalue weighted by Gasteiger charge is 2.26.